The smallest absolute Gasteiger partial charge is 0.0270 e. The highest BCUT2D eigenvalue weighted by Crippen LogP contribution is 2.22. The summed E-state index contributed by atoms with van der Waals surface area (Å²) in [6.45, 7) is 6.94. The molecule has 0 N–H and O–H groups in total. The van der Waals surface area contributed by atoms with Gasteiger partial charge in [0, 0.05) is 12.4 Å². The Hall–Kier alpha value is -0.850. The molecule has 0 bridgehead atoms. The topological polar surface area (TPSA) is 12.9 Å². The van der Waals surface area contributed by atoms with Gasteiger partial charge in [-0.05, 0) is 36.0 Å². The summed E-state index contributed by atoms with van der Waals surface area (Å²) in [6, 6.07) is 4.35. The number of hydrogen-bond donors (Lipinski definition) is 0. The first-order chi connectivity index (χ1) is 9.22. The van der Waals surface area contributed by atoms with Crippen LogP contribution in [0, 0.1) is 11.8 Å². The molecule has 1 atom stereocenters. The molecule has 0 saturated carbocycles. The third kappa shape index (κ3) is 8.02. The first kappa shape index (κ1) is 16.2. The fourth-order valence-corrected chi connectivity index (χ4v) is 2.70. The fraction of sp³-hybridized carbons (Fsp3) is 0.722. The third-order valence-corrected chi connectivity index (χ3v) is 3.88. The molecule has 1 heteroatoms. The molecule has 0 fully saturated rings. The van der Waals surface area contributed by atoms with Crippen LogP contribution in [0.4, 0.5) is 0 Å². The molecule has 0 aromatic carbocycles. The van der Waals surface area contributed by atoms with Crippen molar-refractivity contribution in [2.75, 3.05) is 0 Å². The zero-order valence-electron chi connectivity index (χ0n) is 13.1. The van der Waals surface area contributed by atoms with Crippen molar-refractivity contribution in [3.8, 4) is 0 Å². The molecular formula is C18H31N. The Labute approximate surface area is 119 Å². The fourth-order valence-electron chi connectivity index (χ4n) is 2.70. The Morgan fingerprint density at radius 2 is 1.63 bits per heavy atom. The quantitative estimate of drug-likeness (QED) is 0.496. The molecule has 0 spiro atoms. The van der Waals surface area contributed by atoms with Crippen LogP contribution in [0.1, 0.15) is 71.3 Å². The van der Waals surface area contributed by atoms with Gasteiger partial charge in [0.2, 0.25) is 0 Å². The Kier molecular flexibility index (Phi) is 8.53. The molecule has 0 aliphatic rings. The first-order valence-corrected chi connectivity index (χ1v) is 8.11. The second kappa shape index (κ2) is 10.00. The third-order valence-electron chi connectivity index (χ3n) is 3.88. The van der Waals surface area contributed by atoms with Crippen molar-refractivity contribution >= 4 is 0 Å². The summed E-state index contributed by atoms with van der Waals surface area (Å²) in [5, 5.41) is 0. The number of aromatic nitrogens is 1. The van der Waals surface area contributed by atoms with Crippen molar-refractivity contribution in [3.05, 3.63) is 30.1 Å². The van der Waals surface area contributed by atoms with Crippen LogP contribution < -0.4 is 0 Å². The van der Waals surface area contributed by atoms with E-state index < -0.39 is 0 Å². The minimum atomic E-state index is 0.845. The van der Waals surface area contributed by atoms with E-state index in [1.54, 1.807) is 0 Å². The highest BCUT2D eigenvalue weighted by atomic mass is 14.6. The normalized spacial score (nSPS) is 12.8. The molecule has 1 rings (SSSR count). The molecular weight excluding hydrogens is 230 g/mol. The highest BCUT2D eigenvalue weighted by molar-refractivity contribution is 5.10. The van der Waals surface area contributed by atoms with Gasteiger partial charge in [-0.3, -0.25) is 4.98 Å². The molecule has 1 nitrogen and oxygen atoms in total. The SMILES string of the molecule is CCCCCC(CCCC(C)C)Cc1ccncc1. The molecule has 0 aliphatic heterocycles. The molecule has 0 amide bonds. The standard InChI is InChI=1S/C18H31N/c1-4-5-6-9-17(10-7-8-16(2)3)15-18-11-13-19-14-12-18/h11-14,16-17H,4-10,15H2,1-3H3. The summed E-state index contributed by atoms with van der Waals surface area (Å²) >= 11 is 0. The lowest BCUT2D eigenvalue weighted by Crippen LogP contribution is -2.06. The minimum Gasteiger partial charge on any atom is -0.265 e. The van der Waals surface area contributed by atoms with Crippen LogP contribution in [0.5, 0.6) is 0 Å². The van der Waals surface area contributed by atoms with Gasteiger partial charge < -0.3 is 0 Å². The van der Waals surface area contributed by atoms with Crippen LogP contribution in [-0.4, -0.2) is 4.98 Å². The Morgan fingerprint density at radius 3 is 2.26 bits per heavy atom. The van der Waals surface area contributed by atoms with E-state index in [1.165, 1.54) is 56.9 Å². The number of unbranched alkanes of at least 4 members (excludes halogenated alkanes) is 2. The second-order valence-corrected chi connectivity index (χ2v) is 6.25. The molecule has 1 aromatic heterocycles. The molecule has 0 radical (unpaired) electrons. The highest BCUT2D eigenvalue weighted by Gasteiger charge is 2.10. The molecule has 1 aromatic rings. The van der Waals surface area contributed by atoms with Gasteiger partial charge in [-0.1, -0.05) is 65.7 Å². The van der Waals surface area contributed by atoms with Crippen LogP contribution in [0.15, 0.2) is 24.5 Å². The molecule has 1 heterocycles. The van der Waals surface area contributed by atoms with Crippen LogP contribution in [-0.2, 0) is 6.42 Å². The summed E-state index contributed by atoms with van der Waals surface area (Å²) in [7, 11) is 0. The van der Waals surface area contributed by atoms with Crippen molar-refractivity contribution in [3.63, 3.8) is 0 Å². The number of rotatable bonds is 10. The van der Waals surface area contributed by atoms with Crippen molar-refractivity contribution in [2.45, 2.75) is 72.1 Å². The van der Waals surface area contributed by atoms with Crippen molar-refractivity contribution in [1.29, 1.82) is 0 Å². The van der Waals surface area contributed by atoms with Crippen molar-refractivity contribution in [2.24, 2.45) is 11.8 Å². The molecule has 19 heavy (non-hydrogen) atoms. The molecule has 0 saturated heterocycles. The van der Waals surface area contributed by atoms with E-state index in [2.05, 4.69) is 37.9 Å². The number of pyridine rings is 1. The Bertz CT molecular complexity index is 305. The molecule has 108 valence electrons. The van der Waals surface area contributed by atoms with Gasteiger partial charge in [0.25, 0.3) is 0 Å². The lowest BCUT2D eigenvalue weighted by Gasteiger charge is -2.17. The van der Waals surface area contributed by atoms with E-state index in [-0.39, 0.29) is 0 Å². The average molecular weight is 261 g/mol. The summed E-state index contributed by atoms with van der Waals surface area (Å²) < 4.78 is 0. The zero-order chi connectivity index (χ0) is 13.9. The van der Waals surface area contributed by atoms with E-state index in [4.69, 9.17) is 0 Å². The predicted octanol–water partition coefficient (Wildman–Crippen LogP) is 5.65. The molecule has 0 aliphatic carbocycles. The maximum absolute atomic E-state index is 4.11. The van der Waals surface area contributed by atoms with Crippen LogP contribution in [0.25, 0.3) is 0 Å². The van der Waals surface area contributed by atoms with Crippen LogP contribution >= 0.6 is 0 Å². The van der Waals surface area contributed by atoms with Gasteiger partial charge in [-0.25, -0.2) is 0 Å². The Balaban J connectivity index is 2.39. The van der Waals surface area contributed by atoms with E-state index in [0.717, 1.165) is 11.8 Å². The summed E-state index contributed by atoms with van der Waals surface area (Å²) in [6.07, 6.45) is 14.8. The Morgan fingerprint density at radius 1 is 0.947 bits per heavy atom. The summed E-state index contributed by atoms with van der Waals surface area (Å²) in [5.74, 6) is 1.71. The first-order valence-electron chi connectivity index (χ1n) is 8.11. The number of nitrogens with zero attached hydrogens (tertiary/aromatic N) is 1. The van der Waals surface area contributed by atoms with Gasteiger partial charge in [0.15, 0.2) is 0 Å². The maximum Gasteiger partial charge on any atom is 0.0270 e. The largest absolute Gasteiger partial charge is 0.265 e. The van der Waals surface area contributed by atoms with Gasteiger partial charge in [0.05, 0.1) is 0 Å². The van der Waals surface area contributed by atoms with Gasteiger partial charge in [-0.15, -0.1) is 0 Å². The monoisotopic (exact) mass is 261 g/mol. The zero-order valence-corrected chi connectivity index (χ0v) is 13.1. The maximum atomic E-state index is 4.11. The van der Waals surface area contributed by atoms with Gasteiger partial charge in [-0.2, -0.15) is 0 Å². The van der Waals surface area contributed by atoms with E-state index >= 15 is 0 Å². The van der Waals surface area contributed by atoms with Crippen LogP contribution in [0.3, 0.4) is 0 Å². The van der Waals surface area contributed by atoms with E-state index in [0.29, 0.717) is 0 Å². The predicted molar refractivity (Wildman–Crippen MR) is 84.3 cm³/mol. The van der Waals surface area contributed by atoms with Gasteiger partial charge >= 0.3 is 0 Å². The second-order valence-electron chi connectivity index (χ2n) is 6.25. The van der Waals surface area contributed by atoms with Gasteiger partial charge in [0.1, 0.15) is 0 Å². The number of hydrogen-bond acceptors (Lipinski definition) is 1. The summed E-state index contributed by atoms with van der Waals surface area (Å²) in [4.78, 5) is 4.11. The van der Waals surface area contributed by atoms with E-state index in [9.17, 15) is 0 Å². The van der Waals surface area contributed by atoms with Crippen molar-refractivity contribution < 1.29 is 0 Å². The lowest BCUT2D eigenvalue weighted by molar-refractivity contribution is 0.393. The van der Waals surface area contributed by atoms with Crippen molar-refractivity contribution in [1.82, 2.24) is 4.98 Å². The minimum absolute atomic E-state index is 0.845. The molecule has 1 unspecified atom stereocenters. The lowest BCUT2D eigenvalue weighted by atomic mass is 9.88. The average Bonchev–Trinajstić information content (AvgIpc) is 2.39. The summed E-state index contributed by atoms with van der Waals surface area (Å²) in [5.41, 5.74) is 1.46. The van der Waals surface area contributed by atoms with E-state index in [1.807, 2.05) is 12.4 Å². The van der Waals surface area contributed by atoms with Crippen LogP contribution in [0.2, 0.25) is 0 Å².